The van der Waals surface area contributed by atoms with Crippen LogP contribution in [-0.4, -0.2) is 44.9 Å². The molecule has 3 aromatic rings. The van der Waals surface area contributed by atoms with Gasteiger partial charge in [-0.15, -0.1) is 0 Å². The van der Waals surface area contributed by atoms with Gasteiger partial charge in [-0.1, -0.05) is 12.1 Å². The summed E-state index contributed by atoms with van der Waals surface area (Å²) in [5, 5.41) is 14.5. The van der Waals surface area contributed by atoms with Crippen LogP contribution in [0.3, 0.4) is 0 Å². The van der Waals surface area contributed by atoms with Gasteiger partial charge in [0.25, 0.3) is 0 Å². The van der Waals surface area contributed by atoms with Gasteiger partial charge >= 0.3 is 6.03 Å². The third-order valence-electron chi connectivity index (χ3n) is 4.18. The summed E-state index contributed by atoms with van der Waals surface area (Å²) in [4.78, 5) is 20.9. The van der Waals surface area contributed by atoms with Gasteiger partial charge in [0, 0.05) is 19.1 Å². The standard InChI is InChI=1S/C20H27N7O/c1-12(2)23-20(28)22-10-9-21-18-17-14(4)26-27(19(17)25-15(5)24-18)16-8-6-7-13(3)11-16/h6-8,11-12H,9-10H2,1-5H3,(H,21,24,25)(H2,22,23,28). The average molecular weight is 381 g/mol. The van der Waals surface area contributed by atoms with Crippen molar-refractivity contribution in [2.75, 3.05) is 18.4 Å². The van der Waals surface area contributed by atoms with E-state index in [2.05, 4.69) is 50.1 Å². The Morgan fingerprint density at radius 2 is 1.93 bits per heavy atom. The van der Waals surface area contributed by atoms with Gasteiger partial charge < -0.3 is 16.0 Å². The van der Waals surface area contributed by atoms with E-state index in [1.54, 1.807) is 0 Å². The van der Waals surface area contributed by atoms with Crippen molar-refractivity contribution in [2.45, 2.75) is 40.7 Å². The molecule has 28 heavy (non-hydrogen) atoms. The second-order valence-corrected chi connectivity index (χ2v) is 7.14. The molecule has 2 aromatic heterocycles. The van der Waals surface area contributed by atoms with Crippen LogP contribution in [0, 0.1) is 20.8 Å². The summed E-state index contributed by atoms with van der Waals surface area (Å²) in [6.07, 6.45) is 0. The minimum atomic E-state index is -0.177. The summed E-state index contributed by atoms with van der Waals surface area (Å²) in [7, 11) is 0. The van der Waals surface area contributed by atoms with Crippen LogP contribution in [0.5, 0.6) is 0 Å². The van der Waals surface area contributed by atoms with Crippen LogP contribution in [0.4, 0.5) is 10.6 Å². The van der Waals surface area contributed by atoms with E-state index in [0.717, 1.165) is 33.8 Å². The third-order valence-corrected chi connectivity index (χ3v) is 4.18. The molecule has 0 saturated carbocycles. The third kappa shape index (κ3) is 4.39. The molecule has 0 aliphatic carbocycles. The van der Waals surface area contributed by atoms with E-state index in [1.807, 2.05) is 44.5 Å². The lowest BCUT2D eigenvalue weighted by atomic mass is 10.2. The van der Waals surface area contributed by atoms with Crippen LogP contribution < -0.4 is 16.0 Å². The molecule has 8 nitrogen and oxygen atoms in total. The van der Waals surface area contributed by atoms with E-state index in [0.29, 0.717) is 18.9 Å². The van der Waals surface area contributed by atoms with Crippen LogP contribution in [0.25, 0.3) is 16.7 Å². The molecule has 0 spiro atoms. The number of aromatic nitrogens is 4. The van der Waals surface area contributed by atoms with Crippen molar-refractivity contribution >= 4 is 22.9 Å². The molecule has 0 atom stereocenters. The minimum Gasteiger partial charge on any atom is -0.368 e. The van der Waals surface area contributed by atoms with Crippen molar-refractivity contribution in [3.8, 4) is 5.69 Å². The van der Waals surface area contributed by atoms with E-state index >= 15 is 0 Å². The Morgan fingerprint density at radius 1 is 1.14 bits per heavy atom. The van der Waals surface area contributed by atoms with E-state index in [-0.39, 0.29) is 12.1 Å². The van der Waals surface area contributed by atoms with E-state index < -0.39 is 0 Å². The molecule has 8 heteroatoms. The summed E-state index contributed by atoms with van der Waals surface area (Å²) in [5.41, 5.74) is 3.75. The molecule has 0 unspecified atom stereocenters. The first-order chi connectivity index (χ1) is 13.3. The van der Waals surface area contributed by atoms with E-state index in [1.165, 1.54) is 0 Å². The van der Waals surface area contributed by atoms with Gasteiger partial charge in [0.15, 0.2) is 5.65 Å². The highest BCUT2D eigenvalue weighted by Gasteiger charge is 2.16. The number of anilines is 1. The van der Waals surface area contributed by atoms with Crippen LogP contribution in [-0.2, 0) is 0 Å². The van der Waals surface area contributed by atoms with Gasteiger partial charge in [-0.2, -0.15) is 5.10 Å². The zero-order valence-corrected chi connectivity index (χ0v) is 17.0. The predicted molar refractivity (Wildman–Crippen MR) is 111 cm³/mol. The van der Waals surface area contributed by atoms with Crippen molar-refractivity contribution < 1.29 is 4.79 Å². The number of hydrogen-bond donors (Lipinski definition) is 3. The fourth-order valence-electron chi connectivity index (χ4n) is 3.03. The molecule has 0 saturated heterocycles. The minimum absolute atomic E-state index is 0.104. The first-order valence-electron chi connectivity index (χ1n) is 9.44. The maximum atomic E-state index is 11.7. The Labute approximate surface area is 164 Å². The van der Waals surface area contributed by atoms with E-state index in [4.69, 9.17) is 0 Å². The van der Waals surface area contributed by atoms with Gasteiger partial charge in [0.1, 0.15) is 11.6 Å². The SMILES string of the molecule is Cc1cccc(-n2nc(C)c3c(NCCNC(=O)NC(C)C)nc(C)nc32)c1. The predicted octanol–water partition coefficient (Wildman–Crippen LogP) is 2.86. The number of rotatable bonds is 6. The topological polar surface area (TPSA) is 96.8 Å². The molecule has 0 bridgehead atoms. The molecule has 0 fully saturated rings. The van der Waals surface area contributed by atoms with Gasteiger partial charge in [-0.05, 0) is 52.3 Å². The first-order valence-corrected chi connectivity index (χ1v) is 9.44. The average Bonchev–Trinajstić information content (AvgIpc) is 2.94. The van der Waals surface area contributed by atoms with Crippen LogP contribution in [0.2, 0.25) is 0 Å². The highest BCUT2D eigenvalue weighted by molar-refractivity contribution is 5.90. The number of aryl methyl sites for hydroxylation is 3. The summed E-state index contributed by atoms with van der Waals surface area (Å²) < 4.78 is 1.85. The van der Waals surface area contributed by atoms with Crippen LogP contribution >= 0.6 is 0 Å². The van der Waals surface area contributed by atoms with Crippen molar-refractivity contribution in [3.05, 3.63) is 41.3 Å². The molecule has 0 aliphatic rings. The van der Waals surface area contributed by atoms with Crippen LogP contribution in [0.15, 0.2) is 24.3 Å². The van der Waals surface area contributed by atoms with Crippen molar-refractivity contribution in [1.82, 2.24) is 30.4 Å². The molecule has 3 rings (SSSR count). The van der Waals surface area contributed by atoms with E-state index in [9.17, 15) is 4.79 Å². The number of urea groups is 1. The van der Waals surface area contributed by atoms with Gasteiger partial charge in [0.05, 0.1) is 16.8 Å². The normalized spacial score (nSPS) is 11.1. The summed E-state index contributed by atoms with van der Waals surface area (Å²) in [6.45, 7) is 10.7. The maximum Gasteiger partial charge on any atom is 0.315 e. The van der Waals surface area contributed by atoms with Crippen molar-refractivity contribution in [3.63, 3.8) is 0 Å². The molecule has 1 aromatic carbocycles. The van der Waals surface area contributed by atoms with Gasteiger partial charge in [0.2, 0.25) is 0 Å². The number of benzene rings is 1. The quantitative estimate of drug-likeness (QED) is 0.571. The lowest BCUT2D eigenvalue weighted by molar-refractivity contribution is 0.239. The molecule has 3 N–H and O–H groups in total. The summed E-state index contributed by atoms with van der Waals surface area (Å²) in [5.74, 6) is 1.39. The fraction of sp³-hybridized carbons (Fsp3) is 0.400. The second-order valence-electron chi connectivity index (χ2n) is 7.14. The number of carbonyl (C=O) groups excluding carboxylic acids is 1. The smallest absolute Gasteiger partial charge is 0.315 e. The number of amides is 2. The summed E-state index contributed by atoms with van der Waals surface area (Å²) in [6, 6.07) is 8.08. The highest BCUT2D eigenvalue weighted by Crippen LogP contribution is 2.26. The Hall–Kier alpha value is -3.16. The van der Waals surface area contributed by atoms with Crippen LogP contribution in [0.1, 0.15) is 30.9 Å². The Bertz CT molecular complexity index is 994. The lowest BCUT2D eigenvalue weighted by Crippen LogP contribution is -2.41. The number of hydrogen-bond acceptors (Lipinski definition) is 5. The zero-order chi connectivity index (χ0) is 20.3. The zero-order valence-electron chi connectivity index (χ0n) is 17.0. The van der Waals surface area contributed by atoms with Crippen molar-refractivity contribution in [2.24, 2.45) is 0 Å². The molecule has 148 valence electrons. The lowest BCUT2D eigenvalue weighted by Gasteiger charge is -2.12. The number of fused-ring (bicyclic) bond motifs is 1. The van der Waals surface area contributed by atoms with Gasteiger partial charge in [-0.3, -0.25) is 0 Å². The fourth-order valence-corrected chi connectivity index (χ4v) is 3.03. The molecule has 0 radical (unpaired) electrons. The first kappa shape index (κ1) is 19.6. The Morgan fingerprint density at radius 3 is 2.64 bits per heavy atom. The Kier molecular flexibility index (Phi) is 5.77. The molecular weight excluding hydrogens is 354 g/mol. The largest absolute Gasteiger partial charge is 0.368 e. The molecule has 2 heterocycles. The molecular formula is C20H27N7O. The highest BCUT2D eigenvalue weighted by atomic mass is 16.2. The van der Waals surface area contributed by atoms with Gasteiger partial charge in [-0.25, -0.2) is 19.4 Å². The number of nitrogens with zero attached hydrogens (tertiary/aromatic N) is 4. The number of nitrogens with one attached hydrogen (secondary N) is 3. The molecule has 2 amide bonds. The maximum absolute atomic E-state index is 11.7. The second kappa shape index (κ2) is 8.24. The monoisotopic (exact) mass is 381 g/mol. The van der Waals surface area contributed by atoms with Crippen molar-refractivity contribution in [1.29, 1.82) is 0 Å². The molecule has 0 aliphatic heterocycles. The summed E-state index contributed by atoms with van der Waals surface area (Å²) >= 11 is 0. The number of carbonyl (C=O) groups is 1. The Balaban J connectivity index is 1.83.